The maximum absolute atomic E-state index is 14.0. The molecule has 2 unspecified atom stereocenters. The summed E-state index contributed by atoms with van der Waals surface area (Å²) in [6.45, 7) is 3.76. The third kappa shape index (κ3) is 4.03. The summed E-state index contributed by atoms with van der Waals surface area (Å²) in [7, 11) is -13.7. The Balaban J connectivity index is 1.79. The van der Waals surface area contributed by atoms with Crippen molar-refractivity contribution in [2.45, 2.75) is 112 Å². The van der Waals surface area contributed by atoms with Crippen molar-refractivity contribution in [2.75, 3.05) is 5.75 Å². The molecule has 0 N–H and O–H groups in total. The van der Waals surface area contributed by atoms with Gasteiger partial charge >= 0.3 is 0 Å². The van der Waals surface area contributed by atoms with Crippen LogP contribution in [0.15, 0.2) is 0 Å². The molecule has 33 heavy (non-hydrogen) atoms. The van der Waals surface area contributed by atoms with Crippen LogP contribution in [0.5, 0.6) is 0 Å². The van der Waals surface area contributed by atoms with Gasteiger partial charge in [-0.05, 0) is 49.9 Å². The van der Waals surface area contributed by atoms with Gasteiger partial charge in [0.15, 0.2) is 29.5 Å². The number of ketones is 1. The Bertz CT molecular complexity index is 1040. The fourth-order valence-electron chi connectivity index (χ4n) is 7.22. The summed E-state index contributed by atoms with van der Waals surface area (Å²) in [5.41, 5.74) is -1.79. The zero-order chi connectivity index (χ0) is 24.3. The van der Waals surface area contributed by atoms with E-state index in [4.69, 9.17) is 0 Å². The number of fused-ring (bicyclic) bond motifs is 2. The molecular formula is C23H38O7S3. The number of rotatable bonds is 7. The molecule has 4 aliphatic rings. The maximum Gasteiger partial charge on any atom is 0.263 e. The van der Waals surface area contributed by atoms with Gasteiger partial charge in [-0.15, -0.1) is 0 Å². The SMILES string of the molecule is CC1(C)C2CCC1(CS(=O)(=O)C(S(=O)(=O)C1CCCCC1)S(=O)(=O)C1CCCCC1)C(=O)C2. The molecule has 0 aliphatic heterocycles. The molecule has 10 heteroatoms. The van der Waals surface area contributed by atoms with Crippen LogP contribution in [-0.2, 0) is 34.3 Å². The van der Waals surface area contributed by atoms with Crippen LogP contribution in [0.3, 0.4) is 0 Å². The Kier molecular flexibility index (Phi) is 6.65. The molecule has 2 bridgehead atoms. The van der Waals surface area contributed by atoms with Crippen molar-refractivity contribution in [3.8, 4) is 0 Å². The van der Waals surface area contributed by atoms with Crippen molar-refractivity contribution >= 4 is 35.3 Å². The Hall–Kier alpha value is -0.480. The van der Waals surface area contributed by atoms with Gasteiger partial charge in [-0.1, -0.05) is 52.4 Å². The monoisotopic (exact) mass is 522 g/mol. The van der Waals surface area contributed by atoms with E-state index in [0.29, 0.717) is 64.2 Å². The van der Waals surface area contributed by atoms with Crippen LogP contribution in [-0.4, -0.2) is 51.2 Å². The third-order valence-electron chi connectivity index (χ3n) is 9.45. The van der Waals surface area contributed by atoms with Crippen LogP contribution in [0.25, 0.3) is 0 Å². The molecular weight excluding hydrogens is 484 g/mol. The normalized spacial score (nSPS) is 32.0. The van der Waals surface area contributed by atoms with Crippen LogP contribution >= 0.6 is 0 Å². The lowest BCUT2D eigenvalue weighted by Gasteiger charge is -2.38. The van der Waals surface area contributed by atoms with Gasteiger partial charge in [0.1, 0.15) is 5.78 Å². The van der Waals surface area contributed by atoms with E-state index in [0.717, 1.165) is 12.8 Å². The number of Topliss-reactive ketones (excluding diaryl/α,β-unsaturated/α-hetero) is 1. The van der Waals surface area contributed by atoms with Gasteiger partial charge < -0.3 is 0 Å². The first-order valence-electron chi connectivity index (χ1n) is 12.5. The van der Waals surface area contributed by atoms with Crippen molar-refractivity contribution < 1.29 is 30.0 Å². The lowest BCUT2D eigenvalue weighted by Crippen LogP contribution is -2.52. The molecule has 4 rings (SSSR count). The highest BCUT2D eigenvalue weighted by molar-refractivity contribution is 8.24. The van der Waals surface area contributed by atoms with E-state index in [-0.39, 0.29) is 18.1 Å². The largest absolute Gasteiger partial charge is 0.299 e. The number of hydrogen-bond donors (Lipinski definition) is 0. The molecule has 0 aromatic heterocycles. The van der Waals surface area contributed by atoms with Crippen molar-refractivity contribution in [1.29, 1.82) is 0 Å². The maximum atomic E-state index is 14.0. The molecule has 0 amide bonds. The third-order valence-corrected chi connectivity index (χ3v) is 19.8. The standard InChI is InChI=1S/C23H38O7S3/c1-22(2)17-13-14-23(22,20(24)15-17)16-31(25,26)21(32(27,28)18-9-5-3-6-10-18)33(29,30)19-11-7-4-8-12-19/h17-19,21H,3-16H2,1-2H3. The molecule has 0 aromatic rings. The van der Waals surface area contributed by atoms with Crippen LogP contribution in [0.1, 0.15) is 97.3 Å². The zero-order valence-electron chi connectivity index (χ0n) is 19.8. The molecule has 4 fully saturated rings. The van der Waals surface area contributed by atoms with Crippen LogP contribution in [0.2, 0.25) is 0 Å². The first-order chi connectivity index (χ1) is 15.3. The summed E-state index contributed by atoms with van der Waals surface area (Å²) in [4.78, 5) is 13.0. The summed E-state index contributed by atoms with van der Waals surface area (Å²) in [5.74, 6) is -0.773. The van der Waals surface area contributed by atoms with Gasteiger partial charge in [-0.2, -0.15) is 0 Å². The van der Waals surface area contributed by atoms with E-state index in [1.807, 2.05) is 13.8 Å². The average Bonchev–Trinajstić information content (AvgIpc) is 3.08. The predicted octanol–water partition coefficient (Wildman–Crippen LogP) is 3.58. The highest BCUT2D eigenvalue weighted by Crippen LogP contribution is 2.64. The predicted molar refractivity (Wildman–Crippen MR) is 128 cm³/mol. The first-order valence-corrected chi connectivity index (χ1v) is 17.4. The van der Waals surface area contributed by atoms with E-state index in [2.05, 4.69) is 0 Å². The smallest absolute Gasteiger partial charge is 0.263 e. The van der Waals surface area contributed by atoms with E-state index < -0.39 is 60.5 Å². The first kappa shape index (κ1) is 25.6. The molecule has 190 valence electrons. The summed E-state index contributed by atoms with van der Waals surface area (Å²) in [6.07, 6.45) is 6.90. The van der Waals surface area contributed by atoms with Gasteiger partial charge in [0.25, 0.3) is 3.91 Å². The van der Waals surface area contributed by atoms with Gasteiger partial charge in [-0.3, -0.25) is 4.79 Å². The second-order valence-electron chi connectivity index (χ2n) is 11.5. The molecule has 4 saturated carbocycles. The minimum absolute atomic E-state index is 0.0588. The average molecular weight is 523 g/mol. The second-order valence-corrected chi connectivity index (χ2v) is 19.1. The van der Waals surface area contributed by atoms with Crippen LogP contribution in [0.4, 0.5) is 0 Å². The lowest BCUT2D eigenvalue weighted by molar-refractivity contribution is -0.128. The van der Waals surface area contributed by atoms with Gasteiger partial charge in [-0.25, -0.2) is 25.3 Å². The Morgan fingerprint density at radius 1 is 0.758 bits per heavy atom. The fourth-order valence-corrected chi connectivity index (χ4v) is 18.4. The summed E-state index contributed by atoms with van der Waals surface area (Å²) < 4.78 is 80.7. The molecule has 2 atom stereocenters. The fraction of sp³-hybridized carbons (Fsp3) is 0.957. The molecule has 7 nitrogen and oxygen atoms in total. The highest BCUT2D eigenvalue weighted by Gasteiger charge is 2.67. The molecule has 0 spiro atoms. The zero-order valence-corrected chi connectivity index (χ0v) is 22.2. The molecule has 0 heterocycles. The van der Waals surface area contributed by atoms with Gasteiger partial charge in [0.2, 0.25) is 0 Å². The number of carbonyl (C=O) groups excluding carboxylic acids is 1. The van der Waals surface area contributed by atoms with Crippen LogP contribution in [0, 0.1) is 16.7 Å². The molecule has 4 aliphatic carbocycles. The second kappa shape index (κ2) is 8.57. The van der Waals surface area contributed by atoms with Gasteiger partial charge in [0.05, 0.1) is 16.3 Å². The molecule has 0 radical (unpaired) electrons. The van der Waals surface area contributed by atoms with Crippen LogP contribution < -0.4 is 0 Å². The Morgan fingerprint density at radius 2 is 1.21 bits per heavy atom. The van der Waals surface area contributed by atoms with E-state index in [9.17, 15) is 30.0 Å². The van der Waals surface area contributed by atoms with Crippen molar-refractivity contribution in [2.24, 2.45) is 16.7 Å². The minimum Gasteiger partial charge on any atom is -0.299 e. The summed E-state index contributed by atoms with van der Waals surface area (Å²) in [6, 6.07) is 0. The molecule has 0 aromatic carbocycles. The van der Waals surface area contributed by atoms with Crippen molar-refractivity contribution in [3.63, 3.8) is 0 Å². The number of carbonyl (C=O) groups is 1. The highest BCUT2D eigenvalue weighted by atomic mass is 32.3. The van der Waals surface area contributed by atoms with E-state index in [1.54, 1.807) is 0 Å². The summed E-state index contributed by atoms with van der Waals surface area (Å²) >= 11 is 0. The summed E-state index contributed by atoms with van der Waals surface area (Å²) in [5, 5.41) is -1.91. The molecule has 0 saturated heterocycles. The topological polar surface area (TPSA) is 119 Å². The quantitative estimate of drug-likeness (QED) is 0.501. The van der Waals surface area contributed by atoms with Gasteiger partial charge in [0, 0.05) is 11.8 Å². The van der Waals surface area contributed by atoms with E-state index in [1.165, 1.54) is 0 Å². The lowest BCUT2D eigenvalue weighted by atomic mass is 9.70. The Morgan fingerprint density at radius 3 is 1.58 bits per heavy atom. The minimum atomic E-state index is -4.66. The Labute approximate surface area is 199 Å². The van der Waals surface area contributed by atoms with Crippen molar-refractivity contribution in [1.82, 2.24) is 0 Å². The number of hydrogen-bond acceptors (Lipinski definition) is 7. The number of sulfone groups is 3. The van der Waals surface area contributed by atoms with E-state index >= 15 is 0 Å². The van der Waals surface area contributed by atoms with Crippen molar-refractivity contribution in [3.05, 3.63) is 0 Å².